The Balaban J connectivity index is 1.65. The molecule has 0 saturated carbocycles. The lowest BCUT2D eigenvalue weighted by atomic mass is 10.1. The fourth-order valence-corrected chi connectivity index (χ4v) is 3.29. The van der Waals surface area contributed by atoms with Crippen LogP contribution in [0.25, 0.3) is 6.08 Å². The average Bonchev–Trinajstić information content (AvgIpc) is 3.20. The van der Waals surface area contributed by atoms with Gasteiger partial charge in [-0.2, -0.15) is 13.2 Å². The maximum atomic E-state index is 13.2. The smallest absolute Gasteiger partial charge is 0.416 e. The summed E-state index contributed by atoms with van der Waals surface area (Å²) in [5, 5.41) is 11.4. The number of nitro groups is 1. The van der Waals surface area contributed by atoms with Crippen molar-refractivity contribution in [2.24, 2.45) is 4.99 Å². The molecule has 12 heteroatoms. The summed E-state index contributed by atoms with van der Waals surface area (Å²) in [5.41, 5.74) is -1.29. The van der Waals surface area contributed by atoms with Crippen LogP contribution in [0.2, 0.25) is 0 Å². The summed E-state index contributed by atoms with van der Waals surface area (Å²) in [7, 11) is 0. The molecule has 0 atom stereocenters. The van der Waals surface area contributed by atoms with Gasteiger partial charge in [-0.1, -0.05) is 6.07 Å². The Hall–Kier alpha value is -4.74. The van der Waals surface area contributed by atoms with Crippen molar-refractivity contribution < 1.29 is 41.5 Å². The van der Waals surface area contributed by atoms with Gasteiger partial charge in [0, 0.05) is 11.6 Å². The van der Waals surface area contributed by atoms with E-state index in [-0.39, 0.29) is 29.7 Å². The Kier molecular flexibility index (Phi) is 6.92. The topological polar surface area (TPSA) is 100 Å². The lowest BCUT2D eigenvalue weighted by molar-refractivity contribution is -0.385. The number of ether oxygens (including phenoxy) is 3. The summed E-state index contributed by atoms with van der Waals surface area (Å²) in [6.45, 7) is 1.84. The maximum absolute atomic E-state index is 13.2. The van der Waals surface area contributed by atoms with Gasteiger partial charge >= 0.3 is 17.8 Å². The number of esters is 1. The second-order valence-corrected chi connectivity index (χ2v) is 7.52. The van der Waals surface area contributed by atoms with Crippen molar-refractivity contribution in [3.63, 3.8) is 0 Å². The van der Waals surface area contributed by atoms with Crippen LogP contribution < -0.4 is 9.47 Å². The predicted octanol–water partition coefficient (Wildman–Crippen LogP) is 6.29. The Morgan fingerprint density at radius 2 is 1.73 bits per heavy atom. The zero-order valence-electron chi connectivity index (χ0n) is 18.9. The SMILES string of the molecule is CCOc1cc(/C=C2\N=C(c3ccc(F)cc3)OC2=O)ccc1Oc1ccc(C(F)(F)F)cc1[N+](=O)[O-]. The van der Waals surface area contributed by atoms with Crippen LogP contribution in [0.4, 0.5) is 23.2 Å². The third-order valence-electron chi connectivity index (χ3n) is 4.99. The van der Waals surface area contributed by atoms with E-state index in [4.69, 9.17) is 14.2 Å². The minimum absolute atomic E-state index is 0.00337. The molecule has 3 aromatic rings. The molecule has 1 heterocycles. The molecule has 8 nitrogen and oxygen atoms in total. The molecule has 0 spiro atoms. The van der Waals surface area contributed by atoms with Gasteiger partial charge in [0.15, 0.2) is 17.2 Å². The van der Waals surface area contributed by atoms with Gasteiger partial charge in [0.05, 0.1) is 17.1 Å². The number of cyclic esters (lactones) is 1. The van der Waals surface area contributed by atoms with Crippen molar-refractivity contribution >= 4 is 23.6 Å². The molecule has 37 heavy (non-hydrogen) atoms. The first kappa shape index (κ1) is 25.4. The Bertz CT molecular complexity index is 1430. The van der Waals surface area contributed by atoms with Crippen molar-refractivity contribution in [1.29, 1.82) is 0 Å². The number of rotatable bonds is 7. The van der Waals surface area contributed by atoms with Crippen LogP contribution in [0, 0.1) is 15.9 Å². The van der Waals surface area contributed by atoms with Crippen molar-refractivity contribution in [2.45, 2.75) is 13.1 Å². The highest BCUT2D eigenvalue weighted by molar-refractivity contribution is 6.12. The standard InChI is InChI=1S/C25H16F4N2O6/c1-2-35-22-12-14(11-18-24(32)37-23(30-18)15-4-7-17(26)8-5-15)3-9-21(22)36-20-10-6-16(25(27,28)29)13-19(20)31(33)34/h3-13H,2H2,1H3/b18-11-. The molecule has 0 aliphatic carbocycles. The molecule has 0 radical (unpaired) electrons. The predicted molar refractivity (Wildman–Crippen MR) is 123 cm³/mol. The van der Waals surface area contributed by atoms with Gasteiger partial charge in [0.1, 0.15) is 5.82 Å². The molecule has 0 saturated heterocycles. The Labute approximate surface area is 206 Å². The van der Waals surface area contributed by atoms with Gasteiger partial charge in [-0.15, -0.1) is 0 Å². The minimum Gasteiger partial charge on any atom is -0.490 e. The van der Waals surface area contributed by atoms with Gasteiger partial charge in [-0.3, -0.25) is 10.1 Å². The van der Waals surface area contributed by atoms with E-state index >= 15 is 0 Å². The van der Waals surface area contributed by atoms with Crippen LogP contribution in [0.3, 0.4) is 0 Å². The Morgan fingerprint density at radius 1 is 1.03 bits per heavy atom. The monoisotopic (exact) mass is 516 g/mol. The summed E-state index contributed by atoms with van der Waals surface area (Å²) >= 11 is 0. The summed E-state index contributed by atoms with van der Waals surface area (Å²) in [6, 6.07) is 11.4. The molecule has 0 aromatic heterocycles. The van der Waals surface area contributed by atoms with Crippen molar-refractivity contribution in [3.05, 3.63) is 99.0 Å². The highest BCUT2D eigenvalue weighted by Crippen LogP contribution is 2.40. The molecule has 3 aromatic carbocycles. The van der Waals surface area contributed by atoms with E-state index in [0.29, 0.717) is 23.3 Å². The molecular weight excluding hydrogens is 500 g/mol. The van der Waals surface area contributed by atoms with E-state index in [2.05, 4.69) is 4.99 Å². The van der Waals surface area contributed by atoms with Crippen LogP contribution in [-0.2, 0) is 15.7 Å². The lowest BCUT2D eigenvalue weighted by Gasteiger charge is -2.13. The molecule has 0 amide bonds. The first-order chi connectivity index (χ1) is 17.5. The summed E-state index contributed by atoms with van der Waals surface area (Å²) in [6.07, 6.45) is -3.37. The first-order valence-electron chi connectivity index (χ1n) is 10.6. The summed E-state index contributed by atoms with van der Waals surface area (Å²) < 4.78 is 68.3. The fourth-order valence-electron chi connectivity index (χ4n) is 3.29. The number of nitrogens with zero attached hydrogens (tertiary/aromatic N) is 2. The maximum Gasteiger partial charge on any atom is 0.416 e. The molecule has 4 rings (SSSR count). The van der Waals surface area contributed by atoms with Crippen LogP contribution in [0.1, 0.15) is 23.6 Å². The number of nitro benzene ring substituents is 1. The van der Waals surface area contributed by atoms with Crippen LogP contribution >= 0.6 is 0 Å². The van der Waals surface area contributed by atoms with E-state index in [9.17, 15) is 32.5 Å². The molecule has 0 bridgehead atoms. The lowest BCUT2D eigenvalue weighted by Crippen LogP contribution is -2.06. The number of benzene rings is 3. The van der Waals surface area contributed by atoms with Gasteiger partial charge in [0.2, 0.25) is 11.6 Å². The third kappa shape index (κ3) is 5.74. The van der Waals surface area contributed by atoms with E-state index < -0.39 is 39.9 Å². The van der Waals surface area contributed by atoms with Crippen LogP contribution in [0.15, 0.2) is 71.4 Å². The zero-order chi connectivity index (χ0) is 26.7. The van der Waals surface area contributed by atoms with Crippen LogP contribution in [-0.4, -0.2) is 23.4 Å². The van der Waals surface area contributed by atoms with E-state index in [1.165, 1.54) is 48.5 Å². The van der Waals surface area contributed by atoms with Gasteiger partial charge in [-0.05, 0) is 67.1 Å². The number of aliphatic imine (C=N–C) groups is 1. The number of halogens is 4. The molecule has 0 N–H and O–H groups in total. The quantitative estimate of drug-likeness (QED) is 0.120. The molecule has 190 valence electrons. The first-order valence-corrected chi connectivity index (χ1v) is 10.6. The van der Waals surface area contributed by atoms with Gasteiger partial charge in [-0.25, -0.2) is 14.2 Å². The number of alkyl halides is 3. The highest BCUT2D eigenvalue weighted by atomic mass is 19.4. The molecular formula is C25H16F4N2O6. The number of carbonyl (C=O) groups excluding carboxylic acids is 1. The molecule has 0 fully saturated rings. The molecule has 1 aliphatic rings. The zero-order valence-corrected chi connectivity index (χ0v) is 18.9. The number of hydrogen-bond donors (Lipinski definition) is 0. The molecule has 0 unspecified atom stereocenters. The highest BCUT2D eigenvalue weighted by Gasteiger charge is 2.33. The minimum atomic E-state index is -4.77. The number of hydrogen-bond acceptors (Lipinski definition) is 7. The van der Waals surface area contributed by atoms with Gasteiger partial charge < -0.3 is 14.2 Å². The third-order valence-corrected chi connectivity index (χ3v) is 4.99. The van der Waals surface area contributed by atoms with Crippen LogP contribution in [0.5, 0.6) is 17.2 Å². The van der Waals surface area contributed by atoms with Gasteiger partial charge in [0.25, 0.3) is 0 Å². The number of carbonyl (C=O) groups is 1. The molecule has 1 aliphatic heterocycles. The van der Waals surface area contributed by atoms with E-state index in [1.807, 2.05) is 0 Å². The Morgan fingerprint density at radius 3 is 2.38 bits per heavy atom. The second-order valence-electron chi connectivity index (χ2n) is 7.52. The average molecular weight is 516 g/mol. The fraction of sp³-hybridized carbons (Fsp3) is 0.120. The normalized spacial score (nSPS) is 14.4. The van der Waals surface area contributed by atoms with Crippen molar-refractivity contribution in [1.82, 2.24) is 0 Å². The van der Waals surface area contributed by atoms with E-state index in [1.54, 1.807) is 6.92 Å². The van der Waals surface area contributed by atoms with Crippen molar-refractivity contribution in [3.8, 4) is 17.2 Å². The van der Waals surface area contributed by atoms with Crippen molar-refractivity contribution in [2.75, 3.05) is 6.61 Å². The summed E-state index contributed by atoms with van der Waals surface area (Å²) in [4.78, 5) is 26.8. The largest absolute Gasteiger partial charge is 0.490 e. The summed E-state index contributed by atoms with van der Waals surface area (Å²) in [5.74, 6) is -1.51. The van der Waals surface area contributed by atoms with E-state index in [0.717, 1.165) is 6.07 Å². The second kappa shape index (κ2) is 10.1.